The lowest BCUT2D eigenvalue weighted by Crippen LogP contribution is -2.26. The molecule has 1 aromatic rings. The Bertz CT molecular complexity index is 545. The molecule has 0 atom stereocenters. The van der Waals surface area contributed by atoms with Crippen LogP contribution in [0.1, 0.15) is 26.3 Å². The molecule has 0 aromatic heterocycles. The monoisotopic (exact) mass is 292 g/mol. The third kappa shape index (κ3) is 3.95. The van der Waals surface area contributed by atoms with Gasteiger partial charge in [-0.2, -0.15) is 0 Å². The van der Waals surface area contributed by atoms with Crippen LogP contribution in [0.3, 0.4) is 0 Å². The van der Waals surface area contributed by atoms with E-state index >= 15 is 0 Å². The van der Waals surface area contributed by atoms with Crippen LogP contribution in [-0.4, -0.2) is 21.0 Å². The molecule has 108 valence electrons. The van der Waals surface area contributed by atoms with Crippen LogP contribution in [0.25, 0.3) is 0 Å². The largest absolute Gasteiger partial charge is 0.310 e. The van der Waals surface area contributed by atoms with Gasteiger partial charge in [-0.25, -0.2) is 21.9 Å². The Hall–Kier alpha value is -1.05. The van der Waals surface area contributed by atoms with E-state index in [0.29, 0.717) is 0 Å². The molecule has 1 aromatic carbocycles. The fourth-order valence-electron chi connectivity index (χ4n) is 1.52. The fraction of sp³-hybridized carbons (Fsp3) is 0.500. The Kier molecular flexibility index (Phi) is 5.39. The number of benzene rings is 1. The van der Waals surface area contributed by atoms with Gasteiger partial charge in [0.1, 0.15) is 10.7 Å². The topological polar surface area (TPSA) is 58.2 Å². The first kappa shape index (κ1) is 16.0. The molecule has 0 saturated heterocycles. The minimum absolute atomic E-state index is 0.0350. The van der Waals surface area contributed by atoms with E-state index in [4.69, 9.17) is 0 Å². The lowest BCUT2D eigenvalue weighted by molar-refractivity contribution is 0.497. The molecule has 0 aliphatic heterocycles. The standard InChI is InChI=1S/C12H18F2N2O2S/c1-4-16-19(17,18)11-6-5-10(13)9(12(11)14)7-15-8(2)3/h5-6,8,15-16H,4,7H2,1-3H3. The van der Waals surface area contributed by atoms with Gasteiger partial charge < -0.3 is 5.32 Å². The molecule has 4 nitrogen and oxygen atoms in total. The normalized spacial score (nSPS) is 12.1. The highest BCUT2D eigenvalue weighted by molar-refractivity contribution is 7.89. The summed E-state index contributed by atoms with van der Waals surface area (Å²) in [5.41, 5.74) is -0.271. The molecule has 0 aliphatic carbocycles. The highest BCUT2D eigenvalue weighted by Gasteiger charge is 2.22. The van der Waals surface area contributed by atoms with Crippen LogP contribution in [-0.2, 0) is 16.6 Å². The van der Waals surface area contributed by atoms with Gasteiger partial charge in [0.05, 0.1) is 0 Å². The Balaban J connectivity index is 3.20. The van der Waals surface area contributed by atoms with Crippen molar-refractivity contribution in [2.24, 2.45) is 0 Å². The van der Waals surface area contributed by atoms with E-state index in [2.05, 4.69) is 10.0 Å². The summed E-state index contributed by atoms with van der Waals surface area (Å²) in [5, 5.41) is 2.86. The number of hydrogen-bond acceptors (Lipinski definition) is 3. The second kappa shape index (κ2) is 6.40. The van der Waals surface area contributed by atoms with E-state index in [-0.39, 0.29) is 24.7 Å². The van der Waals surface area contributed by atoms with Gasteiger partial charge in [-0.3, -0.25) is 0 Å². The fourth-order valence-corrected chi connectivity index (χ4v) is 2.66. The summed E-state index contributed by atoms with van der Waals surface area (Å²) in [6.45, 7) is 5.31. The Morgan fingerprint density at radius 3 is 2.42 bits per heavy atom. The molecule has 0 saturated carbocycles. The van der Waals surface area contributed by atoms with Crippen molar-refractivity contribution in [2.75, 3.05) is 6.54 Å². The SMILES string of the molecule is CCNS(=O)(=O)c1ccc(F)c(CNC(C)C)c1F. The van der Waals surface area contributed by atoms with Gasteiger partial charge in [0, 0.05) is 24.7 Å². The second-order valence-corrected chi connectivity index (χ2v) is 6.11. The first-order valence-electron chi connectivity index (χ1n) is 5.99. The smallest absolute Gasteiger partial charge is 0.243 e. The molecule has 0 fully saturated rings. The maximum Gasteiger partial charge on any atom is 0.243 e. The third-order valence-corrected chi connectivity index (χ3v) is 4.02. The van der Waals surface area contributed by atoms with Gasteiger partial charge in [0.15, 0.2) is 5.82 Å². The van der Waals surface area contributed by atoms with Gasteiger partial charge in [0.25, 0.3) is 0 Å². The molecule has 0 radical (unpaired) electrons. The first-order chi connectivity index (χ1) is 8.79. The van der Waals surface area contributed by atoms with E-state index in [1.54, 1.807) is 6.92 Å². The molecule has 7 heteroatoms. The van der Waals surface area contributed by atoms with Gasteiger partial charge in [0.2, 0.25) is 10.0 Å². The van der Waals surface area contributed by atoms with Crippen LogP contribution in [0.2, 0.25) is 0 Å². The van der Waals surface area contributed by atoms with Crippen molar-refractivity contribution >= 4 is 10.0 Å². The van der Waals surface area contributed by atoms with Crippen LogP contribution in [0.5, 0.6) is 0 Å². The molecular formula is C12H18F2N2O2S. The summed E-state index contributed by atoms with van der Waals surface area (Å²) in [7, 11) is -3.94. The summed E-state index contributed by atoms with van der Waals surface area (Å²) in [4.78, 5) is -0.531. The van der Waals surface area contributed by atoms with Crippen molar-refractivity contribution in [2.45, 2.75) is 38.3 Å². The minimum Gasteiger partial charge on any atom is -0.310 e. The number of nitrogens with one attached hydrogen (secondary N) is 2. The molecule has 2 N–H and O–H groups in total. The molecule has 0 bridgehead atoms. The average molecular weight is 292 g/mol. The predicted octanol–water partition coefficient (Wildman–Crippen LogP) is 1.76. The maximum absolute atomic E-state index is 14.1. The zero-order chi connectivity index (χ0) is 14.6. The van der Waals surface area contributed by atoms with Crippen molar-refractivity contribution in [1.29, 1.82) is 0 Å². The van der Waals surface area contributed by atoms with E-state index < -0.39 is 26.6 Å². The Morgan fingerprint density at radius 1 is 1.26 bits per heavy atom. The molecule has 0 heterocycles. The zero-order valence-corrected chi connectivity index (χ0v) is 11.9. The van der Waals surface area contributed by atoms with Crippen LogP contribution >= 0.6 is 0 Å². The number of rotatable bonds is 6. The third-order valence-electron chi connectivity index (χ3n) is 2.46. The Labute approximate surface area is 112 Å². The van der Waals surface area contributed by atoms with Crippen LogP contribution in [0.4, 0.5) is 8.78 Å². The maximum atomic E-state index is 14.1. The van der Waals surface area contributed by atoms with Crippen molar-refractivity contribution < 1.29 is 17.2 Å². The van der Waals surface area contributed by atoms with E-state index in [0.717, 1.165) is 12.1 Å². The van der Waals surface area contributed by atoms with Gasteiger partial charge in [-0.05, 0) is 12.1 Å². The van der Waals surface area contributed by atoms with Crippen molar-refractivity contribution in [3.8, 4) is 0 Å². The molecule has 0 spiro atoms. The van der Waals surface area contributed by atoms with Gasteiger partial charge in [-0.1, -0.05) is 20.8 Å². The highest BCUT2D eigenvalue weighted by Crippen LogP contribution is 2.21. The first-order valence-corrected chi connectivity index (χ1v) is 7.47. The predicted molar refractivity (Wildman–Crippen MR) is 69.2 cm³/mol. The summed E-state index contributed by atoms with van der Waals surface area (Å²) >= 11 is 0. The van der Waals surface area contributed by atoms with E-state index in [1.165, 1.54) is 0 Å². The molecule has 19 heavy (non-hydrogen) atoms. The van der Waals surface area contributed by atoms with Crippen molar-refractivity contribution in [3.63, 3.8) is 0 Å². The summed E-state index contributed by atoms with van der Waals surface area (Å²) < 4.78 is 53.4. The quantitative estimate of drug-likeness (QED) is 0.840. The van der Waals surface area contributed by atoms with Crippen LogP contribution < -0.4 is 10.0 Å². The van der Waals surface area contributed by atoms with Crippen molar-refractivity contribution in [3.05, 3.63) is 29.3 Å². The lowest BCUT2D eigenvalue weighted by atomic mass is 10.2. The highest BCUT2D eigenvalue weighted by atomic mass is 32.2. The summed E-state index contributed by atoms with van der Waals surface area (Å²) in [6, 6.07) is 1.93. The average Bonchev–Trinajstić information content (AvgIpc) is 2.27. The second-order valence-electron chi connectivity index (χ2n) is 4.37. The van der Waals surface area contributed by atoms with Crippen LogP contribution in [0, 0.1) is 11.6 Å². The number of halogens is 2. The number of sulfonamides is 1. The summed E-state index contributed by atoms with van der Waals surface area (Å²) in [6.07, 6.45) is 0. The molecule has 1 rings (SSSR count). The van der Waals surface area contributed by atoms with Gasteiger partial charge in [-0.15, -0.1) is 0 Å². The Morgan fingerprint density at radius 2 is 1.89 bits per heavy atom. The van der Waals surface area contributed by atoms with E-state index in [9.17, 15) is 17.2 Å². The van der Waals surface area contributed by atoms with Crippen LogP contribution in [0.15, 0.2) is 17.0 Å². The van der Waals surface area contributed by atoms with E-state index in [1.807, 2.05) is 13.8 Å². The molecule has 0 amide bonds. The van der Waals surface area contributed by atoms with Gasteiger partial charge >= 0.3 is 0 Å². The van der Waals surface area contributed by atoms with Crippen molar-refractivity contribution in [1.82, 2.24) is 10.0 Å². The summed E-state index contributed by atoms with van der Waals surface area (Å²) in [5.74, 6) is -1.81. The lowest BCUT2D eigenvalue weighted by Gasteiger charge is -2.13. The zero-order valence-electron chi connectivity index (χ0n) is 11.1. The molecular weight excluding hydrogens is 274 g/mol. The number of hydrogen-bond donors (Lipinski definition) is 2. The minimum atomic E-state index is -3.94. The molecule has 0 aliphatic rings. The molecule has 0 unspecified atom stereocenters.